The maximum Gasteiger partial charge on any atom is 0.260 e. The lowest BCUT2D eigenvalue weighted by Gasteiger charge is -2.21. The summed E-state index contributed by atoms with van der Waals surface area (Å²) in [4.78, 5) is 21.9. The van der Waals surface area contributed by atoms with Crippen molar-refractivity contribution in [2.24, 2.45) is 0 Å². The molecule has 2 aromatic carbocycles. The van der Waals surface area contributed by atoms with Crippen molar-refractivity contribution >= 4 is 44.2 Å². The van der Waals surface area contributed by atoms with Gasteiger partial charge in [0.2, 0.25) is 0 Å². The van der Waals surface area contributed by atoms with E-state index in [1.54, 1.807) is 43.4 Å². The van der Waals surface area contributed by atoms with E-state index in [0.29, 0.717) is 33.8 Å². The molecule has 0 radical (unpaired) electrons. The van der Waals surface area contributed by atoms with Gasteiger partial charge in [-0.2, -0.15) is 0 Å². The standard InChI is InChI=1S/C21H24ClN3O3S/c1-24(2)10-5-11-25(21-23-16-8-7-15(22)13-19(16)29-21)20(26)14-6-9-17(27-3)18(12-14)28-4/h6-9,12-13H,5,10-11H2,1-4H3. The number of fused-ring (bicyclic) bond motifs is 1. The molecule has 0 saturated heterocycles. The molecule has 0 aliphatic rings. The van der Waals surface area contributed by atoms with Gasteiger partial charge in [-0.1, -0.05) is 22.9 Å². The molecule has 8 heteroatoms. The molecule has 1 aromatic heterocycles. The van der Waals surface area contributed by atoms with Crippen LogP contribution in [0.4, 0.5) is 5.13 Å². The van der Waals surface area contributed by atoms with Crippen LogP contribution in [0.1, 0.15) is 16.8 Å². The number of carbonyl (C=O) groups excluding carboxylic acids is 1. The van der Waals surface area contributed by atoms with Gasteiger partial charge < -0.3 is 14.4 Å². The number of anilines is 1. The number of carbonyl (C=O) groups is 1. The van der Waals surface area contributed by atoms with Crippen molar-refractivity contribution in [2.45, 2.75) is 6.42 Å². The second-order valence-electron chi connectivity index (χ2n) is 6.79. The number of ether oxygens (including phenoxy) is 2. The number of methoxy groups -OCH3 is 2. The first-order chi connectivity index (χ1) is 13.9. The third-order valence-corrected chi connectivity index (χ3v) is 5.71. The van der Waals surface area contributed by atoms with Gasteiger partial charge in [-0.15, -0.1) is 0 Å². The quantitative estimate of drug-likeness (QED) is 0.521. The molecule has 0 fully saturated rings. The molecule has 0 unspecified atom stereocenters. The lowest BCUT2D eigenvalue weighted by Crippen LogP contribution is -2.33. The summed E-state index contributed by atoms with van der Waals surface area (Å²) in [6.45, 7) is 1.42. The summed E-state index contributed by atoms with van der Waals surface area (Å²) >= 11 is 7.57. The molecule has 1 heterocycles. The summed E-state index contributed by atoms with van der Waals surface area (Å²) in [5.41, 5.74) is 1.34. The number of hydrogen-bond acceptors (Lipinski definition) is 6. The molecule has 0 aliphatic carbocycles. The fourth-order valence-corrected chi connectivity index (χ4v) is 4.22. The molecular formula is C21H24ClN3O3S. The minimum atomic E-state index is -0.130. The lowest BCUT2D eigenvalue weighted by atomic mass is 10.1. The van der Waals surface area contributed by atoms with Crippen LogP contribution in [-0.2, 0) is 0 Å². The Balaban J connectivity index is 1.96. The number of halogens is 1. The molecule has 3 rings (SSSR count). The van der Waals surface area contributed by atoms with Crippen molar-refractivity contribution in [3.63, 3.8) is 0 Å². The molecule has 0 N–H and O–H groups in total. The first-order valence-corrected chi connectivity index (χ1v) is 10.4. The highest BCUT2D eigenvalue weighted by molar-refractivity contribution is 7.22. The number of aromatic nitrogens is 1. The van der Waals surface area contributed by atoms with Crippen LogP contribution < -0.4 is 14.4 Å². The normalized spacial score (nSPS) is 11.1. The van der Waals surface area contributed by atoms with Crippen LogP contribution >= 0.6 is 22.9 Å². The van der Waals surface area contributed by atoms with Gasteiger partial charge in [0, 0.05) is 17.1 Å². The number of thiazole rings is 1. The van der Waals surface area contributed by atoms with Crippen LogP contribution in [0.2, 0.25) is 5.02 Å². The van der Waals surface area contributed by atoms with Crippen molar-refractivity contribution in [1.29, 1.82) is 0 Å². The van der Waals surface area contributed by atoms with E-state index in [1.165, 1.54) is 11.3 Å². The van der Waals surface area contributed by atoms with E-state index in [4.69, 9.17) is 21.1 Å². The van der Waals surface area contributed by atoms with Crippen molar-refractivity contribution in [2.75, 3.05) is 46.3 Å². The molecule has 0 saturated carbocycles. The first-order valence-electron chi connectivity index (χ1n) is 9.17. The largest absolute Gasteiger partial charge is 0.493 e. The Morgan fingerprint density at radius 3 is 2.52 bits per heavy atom. The lowest BCUT2D eigenvalue weighted by molar-refractivity contribution is 0.0985. The zero-order valence-corrected chi connectivity index (χ0v) is 18.5. The molecule has 0 spiro atoms. The van der Waals surface area contributed by atoms with Crippen molar-refractivity contribution in [3.05, 3.63) is 47.0 Å². The topological polar surface area (TPSA) is 54.9 Å². The molecule has 154 valence electrons. The van der Waals surface area contributed by atoms with Gasteiger partial charge in [0.15, 0.2) is 16.6 Å². The maximum atomic E-state index is 13.4. The molecule has 1 amide bonds. The Labute approximate surface area is 179 Å². The molecule has 0 aliphatic heterocycles. The van der Waals surface area contributed by atoms with E-state index in [9.17, 15) is 4.79 Å². The van der Waals surface area contributed by atoms with E-state index >= 15 is 0 Å². The Morgan fingerprint density at radius 2 is 1.83 bits per heavy atom. The van der Waals surface area contributed by atoms with Gasteiger partial charge in [0.25, 0.3) is 5.91 Å². The van der Waals surface area contributed by atoms with E-state index in [2.05, 4.69) is 9.88 Å². The summed E-state index contributed by atoms with van der Waals surface area (Å²) in [5, 5.41) is 1.30. The van der Waals surface area contributed by atoms with Crippen LogP contribution in [0.5, 0.6) is 11.5 Å². The third kappa shape index (κ3) is 4.98. The van der Waals surface area contributed by atoms with E-state index < -0.39 is 0 Å². The van der Waals surface area contributed by atoms with Gasteiger partial charge in [0.05, 0.1) is 24.4 Å². The van der Waals surface area contributed by atoms with Gasteiger partial charge in [-0.25, -0.2) is 4.98 Å². The second-order valence-corrected chi connectivity index (χ2v) is 8.24. The van der Waals surface area contributed by atoms with Gasteiger partial charge in [-0.3, -0.25) is 9.69 Å². The van der Waals surface area contributed by atoms with Gasteiger partial charge in [-0.05, 0) is 63.5 Å². The monoisotopic (exact) mass is 433 g/mol. The fourth-order valence-electron chi connectivity index (χ4n) is 2.96. The number of amides is 1. The van der Waals surface area contributed by atoms with Crippen molar-refractivity contribution in [1.82, 2.24) is 9.88 Å². The van der Waals surface area contributed by atoms with Gasteiger partial charge in [0.1, 0.15) is 0 Å². The van der Waals surface area contributed by atoms with Gasteiger partial charge >= 0.3 is 0 Å². The number of hydrogen-bond donors (Lipinski definition) is 0. The average Bonchev–Trinajstić information content (AvgIpc) is 3.12. The third-order valence-electron chi connectivity index (χ3n) is 4.43. The maximum absolute atomic E-state index is 13.4. The van der Waals surface area contributed by atoms with E-state index in [0.717, 1.165) is 23.2 Å². The summed E-state index contributed by atoms with van der Waals surface area (Å²) in [5.74, 6) is 0.968. The van der Waals surface area contributed by atoms with Crippen LogP contribution in [0.15, 0.2) is 36.4 Å². The van der Waals surface area contributed by atoms with E-state index in [1.807, 2.05) is 26.2 Å². The fraction of sp³-hybridized carbons (Fsp3) is 0.333. The number of benzene rings is 2. The zero-order valence-electron chi connectivity index (χ0n) is 16.9. The van der Waals surface area contributed by atoms with Crippen LogP contribution in [0, 0.1) is 0 Å². The summed E-state index contributed by atoms with van der Waals surface area (Å²) < 4.78 is 11.6. The SMILES string of the molecule is COc1ccc(C(=O)N(CCCN(C)C)c2nc3ccc(Cl)cc3s2)cc1OC. The highest BCUT2D eigenvalue weighted by Crippen LogP contribution is 2.33. The van der Waals surface area contributed by atoms with Crippen LogP contribution in [0.25, 0.3) is 10.2 Å². The van der Waals surface area contributed by atoms with Crippen LogP contribution in [-0.4, -0.2) is 57.2 Å². The Bertz CT molecular complexity index is 1010. The smallest absolute Gasteiger partial charge is 0.260 e. The Hall–Kier alpha value is -2.35. The number of nitrogens with zero attached hydrogens (tertiary/aromatic N) is 3. The molecule has 0 bridgehead atoms. The van der Waals surface area contributed by atoms with Crippen molar-refractivity contribution < 1.29 is 14.3 Å². The molecule has 0 atom stereocenters. The minimum Gasteiger partial charge on any atom is -0.493 e. The van der Waals surface area contributed by atoms with Crippen LogP contribution in [0.3, 0.4) is 0 Å². The Morgan fingerprint density at radius 1 is 1.07 bits per heavy atom. The highest BCUT2D eigenvalue weighted by Gasteiger charge is 2.22. The zero-order chi connectivity index (χ0) is 21.0. The minimum absolute atomic E-state index is 0.130. The van der Waals surface area contributed by atoms with Crippen molar-refractivity contribution in [3.8, 4) is 11.5 Å². The highest BCUT2D eigenvalue weighted by atomic mass is 35.5. The first kappa shape index (κ1) is 21.4. The summed E-state index contributed by atoms with van der Waals surface area (Å²) in [6.07, 6.45) is 0.822. The predicted octanol–water partition coefficient (Wildman–Crippen LogP) is 4.57. The molecule has 29 heavy (non-hydrogen) atoms. The molecule has 6 nitrogen and oxygen atoms in total. The average molecular weight is 434 g/mol. The summed E-state index contributed by atoms with van der Waals surface area (Å²) in [7, 11) is 7.15. The summed E-state index contributed by atoms with van der Waals surface area (Å²) in [6, 6.07) is 10.7. The Kier molecular flexibility index (Phi) is 6.95. The second kappa shape index (κ2) is 9.43. The molecular weight excluding hydrogens is 410 g/mol. The predicted molar refractivity (Wildman–Crippen MR) is 119 cm³/mol. The molecule has 3 aromatic rings. The number of rotatable bonds is 8. The van der Waals surface area contributed by atoms with E-state index in [-0.39, 0.29) is 5.91 Å².